The lowest BCUT2D eigenvalue weighted by atomic mass is 10.3. The summed E-state index contributed by atoms with van der Waals surface area (Å²) in [5.74, 6) is -3.21. The molecule has 7 heteroatoms. The third-order valence-electron chi connectivity index (χ3n) is 1.22. The van der Waals surface area contributed by atoms with Crippen LogP contribution in [0.1, 0.15) is 0 Å². The summed E-state index contributed by atoms with van der Waals surface area (Å²) in [6.07, 6.45) is 0.821. The Kier molecular flexibility index (Phi) is 4.69. The van der Waals surface area contributed by atoms with Crippen molar-refractivity contribution < 1.29 is 14.3 Å². The second-order valence-electron chi connectivity index (χ2n) is 2.06. The molecule has 0 fully saturated rings. The quantitative estimate of drug-likeness (QED) is 0.336. The normalized spacial score (nSPS) is 15.1. The first-order valence-electron chi connectivity index (χ1n) is 3.21. The summed E-state index contributed by atoms with van der Waals surface area (Å²) in [5, 5.41) is 8.72. The Labute approximate surface area is 95.9 Å². The molecule has 0 N–H and O–H groups in total. The van der Waals surface area contributed by atoms with Crippen LogP contribution in [0.25, 0.3) is 0 Å². The van der Waals surface area contributed by atoms with Crippen LogP contribution in [0.2, 0.25) is 0 Å². The second kappa shape index (κ2) is 4.85. The van der Waals surface area contributed by atoms with Gasteiger partial charge in [-0.15, -0.1) is 0 Å². The Morgan fingerprint density at radius 2 is 2.07 bits per heavy atom. The van der Waals surface area contributed by atoms with E-state index in [1.165, 1.54) is 6.07 Å². The van der Waals surface area contributed by atoms with E-state index in [2.05, 4.69) is 16.1 Å². The van der Waals surface area contributed by atoms with Crippen LogP contribution in [0, 0.1) is 11.3 Å². The van der Waals surface area contributed by atoms with Gasteiger partial charge in [0.15, 0.2) is 0 Å². The lowest BCUT2D eigenvalue weighted by Gasteiger charge is -2.29. The minimum Gasteiger partial charge on any atom is -0.412 e. The molecule has 0 saturated carbocycles. The minimum absolute atomic E-state index is 0.821. The molecule has 0 aromatic carbocycles. The van der Waals surface area contributed by atoms with Crippen molar-refractivity contribution in [1.29, 1.82) is 5.26 Å². The van der Waals surface area contributed by atoms with E-state index in [1.807, 2.05) is 0 Å². The van der Waals surface area contributed by atoms with E-state index in [9.17, 15) is 4.79 Å². The Morgan fingerprint density at radius 3 is 2.29 bits per heavy atom. The molecule has 0 aromatic rings. The van der Waals surface area contributed by atoms with E-state index < -0.39 is 15.5 Å². The summed E-state index contributed by atoms with van der Waals surface area (Å²) in [6.45, 7) is 3.13. The molecule has 0 aliphatic carbocycles. The third kappa shape index (κ3) is 2.76. The number of hydrogen-bond donors (Lipinski definition) is 0. The zero-order valence-electron chi connectivity index (χ0n) is 7.09. The van der Waals surface area contributed by atoms with Crippen LogP contribution >= 0.6 is 34.8 Å². The summed E-state index contributed by atoms with van der Waals surface area (Å²) < 4.78 is 6.88. The van der Waals surface area contributed by atoms with Gasteiger partial charge in [-0.05, 0) is 0 Å². The predicted molar refractivity (Wildman–Crippen MR) is 51.9 cm³/mol. The van der Waals surface area contributed by atoms with Crippen LogP contribution in [0.5, 0.6) is 0 Å². The molecule has 0 aliphatic rings. The van der Waals surface area contributed by atoms with Crippen LogP contribution < -0.4 is 0 Å². The monoisotopic (exact) mass is 257 g/mol. The number of carbonyl (C=O) groups excluding carboxylic acids is 1. The molecule has 0 saturated heterocycles. The van der Waals surface area contributed by atoms with Gasteiger partial charge in [-0.1, -0.05) is 41.4 Å². The molecule has 0 rings (SSSR count). The molecule has 4 nitrogen and oxygen atoms in total. The highest BCUT2D eigenvalue weighted by molar-refractivity contribution is 6.68. The Morgan fingerprint density at radius 1 is 1.57 bits per heavy atom. The maximum absolute atomic E-state index is 10.8. The van der Waals surface area contributed by atoms with Crippen LogP contribution in [0.3, 0.4) is 0 Å². The molecule has 0 bridgehead atoms. The molecule has 0 aromatic heterocycles. The summed E-state index contributed by atoms with van der Waals surface area (Å²) >= 11 is 16.3. The summed E-state index contributed by atoms with van der Waals surface area (Å²) in [5.41, 5.74) is 0. The topological polar surface area (TPSA) is 59.3 Å². The number of nitriles is 1. The molecular weight excluding hydrogens is 252 g/mol. The molecular formula is C7H6Cl3NO3. The Bertz CT molecular complexity index is 281. The number of carbonyl (C=O) groups is 1. The van der Waals surface area contributed by atoms with Gasteiger partial charge in [-0.3, -0.25) is 0 Å². The van der Waals surface area contributed by atoms with E-state index >= 15 is 0 Å². The number of alkyl halides is 3. The van der Waals surface area contributed by atoms with E-state index in [0.717, 1.165) is 13.2 Å². The highest BCUT2D eigenvalue weighted by Crippen LogP contribution is 2.41. The van der Waals surface area contributed by atoms with Gasteiger partial charge in [0.1, 0.15) is 6.07 Å². The van der Waals surface area contributed by atoms with Gasteiger partial charge >= 0.3 is 11.8 Å². The minimum atomic E-state index is -2.27. The van der Waals surface area contributed by atoms with Crippen molar-refractivity contribution >= 4 is 40.8 Å². The molecule has 0 amide bonds. The number of ether oxygens (including phenoxy) is 2. The largest absolute Gasteiger partial charge is 0.412 e. The fourth-order valence-corrected chi connectivity index (χ4v) is 1.00. The van der Waals surface area contributed by atoms with Crippen molar-refractivity contribution in [1.82, 2.24) is 0 Å². The first-order chi connectivity index (χ1) is 6.33. The summed E-state index contributed by atoms with van der Waals surface area (Å²) in [7, 11) is 1.07. The van der Waals surface area contributed by atoms with Crippen molar-refractivity contribution in [3.63, 3.8) is 0 Å². The number of nitrogens with zero attached hydrogens (tertiary/aromatic N) is 1. The molecule has 1 atom stereocenters. The van der Waals surface area contributed by atoms with Crippen molar-refractivity contribution in [2.75, 3.05) is 7.11 Å². The van der Waals surface area contributed by atoms with Gasteiger partial charge in [-0.25, -0.2) is 4.79 Å². The number of methoxy groups -OCH3 is 1. The maximum atomic E-state index is 10.8. The van der Waals surface area contributed by atoms with Gasteiger partial charge in [0.2, 0.25) is 0 Å². The first-order valence-corrected chi connectivity index (χ1v) is 4.35. The molecule has 0 radical (unpaired) electrons. The first kappa shape index (κ1) is 13.5. The Balaban J connectivity index is 5.02. The van der Waals surface area contributed by atoms with Crippen LogP contribution in [-0.4, -0.2) is 22.7 Å². The van der Waals surface area contributed by atoms with Crippen LogP contribution in [0.4, 0.5) is 0 Å². The number of hydrogen-bond acceptors (Lipinski definition) is 4. The average molecular weight is 258 g/mol. The lowest BCUT2D eigenvalue weighted by molar-refractivity contribution is -0.190. The highest BCUT2D eigenvalue weighted by atomic mass is 35.6. The molecule has 1 unspecified atom stereocenters. The van der Waals surface area contributed by atoms with Crippen LogP contribution in [-0.2, 0) is 14.3 Å². The van der Waals surface area contributed by atoms with Crippen molar-refractivity contribution in [2.45, 2.75) is 9.58 Å². The SMILES string of the molecule is C=CC(=O)OC(C#N)(OC)C(Cl)(Cl)Cl. The van der Waals surface area contributed by atoms with Crippen LogP contribution in [0.15, 0.2) is 12.7 Å². The smallest absolute Gasteiger partial charge is 0.351 e. The van der Waals surface area contributed by atoms with E-state index in [0.29, 0.717) is 0 Å². The zero-order valence-corrected chi connectivity index (χ0v) is 9.36. The zero-order chi connectivity index (χ0) is 11.4. The molecule has 78 valence electrons. The van der Waals surface area contributed by atoms with Crippen molar-refractivity contribution in [3.05, 3.63) is 12.7 Å². The summed E-state index contributed by atoms with van der Waals surface area (Å²) in [6, 6.07) is 1.46. The van der Waals surface area contributed by atoms with Gasteiger partial charge in [0.25, 0.3) is 3.79 Å². The number of esters is 1. The summed E-state index contributed by atoms with van der Waals surface area (Å²) in [4.78, 5) is 10.8. The van der Waals surface area contributed by atoms with Gasteiger partial charge in [0, 0.05) is 13.2 Å². The molecule has 0 aliphatic heterocycles. The lowest BCUT2D eigenvalue weighted by Crippen LogP contribution is -2.47. The Hall–Kier alpha value is -0.470. The molecule has 0 spiro atoms. The van der Waals surface area contributed by atoms with E-state index in [-0.39, 0.29) is 0 Å². The number of rotatable bonds is 3. The van der Waals surface area contributed by atoms with Gasteiger partial charge in [0.05, 0.1) is 0 Å². The van der Waals surface area contributed by atoms with E-state index in [1.54, 1.807) is 0 Å². The molecule has 0 heterocycles. The van der Waals surface area contributed by atoms with Gasteiger partial charge in [-0.2, -0.15) is 5.26 Å². The third-order valence-corrected chi connectivity index (χ3v) is 1.97. The fraction of sp³-hybridized carbons (Fsp3) is 0.429. The van der Waals surface area contributed by atoms with Crippen molar-refractivity contribution in [2.24, 2.45) is 0 Å². The second-order valence-corrected chi connectivity index (χ2v) is 4.34. The fourth-order valence-electron chi connectivity index (χ4n) is 0.530. The standard InChI is InChI=1S/C7H6Cl3NO3/c1-3-5(12)14-6(4-11,13-2)7(8,9)10/h3H,1H2,2H3. The highest BCUT2D eigenvalue weighted by Gasteiger charge is 2.54. The number of halogens is 3. The van der Waals surface area contributed by atoms with Gasteiger partial charge < -0.3 is 9.47 Å². The maximum Gasteiger partial charge on any atom is 0.351 e. The predicted octanol–water partition coefficient (Wildman–Crippen LogP) is 1.95. The molecule has 14 heavy (non-hydrogen) atoms. The average Bonchev–Trinajstić information content (AvgIpc) is 2.11. The van der Waals surface area contributed by atoms with E-state index in [4.69, 9.17) is 40.1 Å². The van der Waals surface area contributed by atoms with Crippen molar-refractivity contribution in [3.8, 4) is 6.07 Å².